The van der Waals surface area contributed by atoms with Crippen molar-refractivity contribution < 1.29 is 32.2 Å². The molecule has 0 bridgehead atoms. The Labute approximate surface area is 183 Å². The van der Waals surface area contributed by atoms with Crippen molar-refractivity contribution in [1.82, 2.24) is 15.1 Å². The number of benzene rings is 1. The van der Waals surface area contributed by atoms with Crippen LogP contribution in [-0.4, -0.2) is 48.2 Å². The number of alkyl halides is 3. The lowest BCUT2D eigenvalue weighted by atomic mass is 10.0. The summed E-state index contributed by atoms with van der Waals surface area (Å²) in [5.41, 5.74) is 1.12. The summed E-state index contributed by atoms with van der Waals surface area (Å²) >= 11 is 0. The smallest absolute Gasteiger partial charge is 0.406 e. The maximum atomic E-state index is 12.5. The van der Waals surface area contributed by atoms with Gasteiger partial charge in [0.25, 0.3) is 0 Å². The van der Waals surface area contributed by atoms with E-state index in [0.29, 0.717) is 49.2 Å². The van der Waals surface area contributed by atoms with Gasteiger partial charge in [-0.05, 0) is 37.3 Å². The average molecular weight is 454 g/mol. The van der Waals surface area contributed by atoms with Crippen LogP contribution in [0.2, 0.25) is 0 Å². The first-order valence-corrected chi connectivity index (χ1v) is 10.3. The maximum Gasteiger partial charge on any atom is 0.573 e. The van der Waals surface area contributed by atoms with Crippen LogP contribution in [0.1, 0.15) is 25.7 Å². The summed E-state index contributed by atoms with van der Waals surface area (Å²) in [4.78, 5) is 20.8. The Morgan fingerprint density at radius 3 is 2.66 bits per heavy atom. The minimum absolute atomic E-state index is 0.204. The molecular formula is C21H25F3N4O4. The first kappa shape index (κ1) is 23.6. The lowest BCUT2D eigenvalue weighted by Gasteiger charge is -2.22. The van der Waals surface area contributed by atoms with Crippen molar-refractivity contribution in [3.63, 3.8) is 0 Å². The number of nitrogens with one attached hydrogen (secondary N) is 2. The molecule has 0 atom stereocenters. The molecule has 2 saturated heterocycles. The summed E-state index contributed by atoms with van der Waals surface area (Å²) in [6.07, 6.45) is -0.724. The number of halogens is 3. The van der Waals surface area contributed by atoms with E-state index in [2.05, 4.69) is 20.5 Å². The minimum Gasteiger partial charge on any atom is -0.406 e. The molecule has 2 aromatic rings. The van der Waals surface area contributed by atoms with Crippen LogP contribution >= 0.6 is 0 Å². The van der Waals surface area contributed by atoms with E-state index in [4.69, 9.17) is 4.74 Å². The molecule has 1 aromatic heterocycles. The zero-order valence-corrected chi connectivity index (χ0v) is 17.4. The molecule has 0 unspecified atom stereocenters. The van der Waals surface area contributed by atoms with Gasteiger partial charge in [-0.2, -0.15) is 5.10 Å². The second-order valence-electron chi connectivity index (χ2n) is 7.44. The van der Waals surface area contributed by atoms with Gasteiger partial charge in [-0.25, -0.2) is 0 Å². The highest BCUT2D eigenvalue weighted by Gasteiger charge is 2.31. The van der Waals surface area contributed by atoms with Crippen molar-refractivity contribution in [2.24, 2.45) is 5.92 Å². The van der Waals surface area contributed by atoms with E-state index >= 15 is 0 Å². The molecule has 11 heteroatoms. The van der Waals surface area contributed by atoms with Crippen LogP contribution in [0.5, 0.6) is 5.75 Å². The molecule has 4 rings (SSSR count). The fourth-order valence-electron chi connectivity index (χ4n) is 3.51. The highest BCUT2D eigenvalue weighted by atomic mass is 19.4. The quantitative estimate of drug-likeness (QED) is 0.653. The molecule has 2 amide bonds. The normalized spacial score (nSPS) is 16.7. The van der Waals surface area contributed by atoms with E-state index in [0.717, 1.165) is 32.2 Å². The van der Waals surface area contributed by atoms with Crippen LogP contribution < -0.4 is 15.4 Å². The SMILES string of the molecule is O=C1CCCN1.O=CNc1cc(-c2cccc(OC(F)(F)F)c2)n(CC2CCOCC2)n1. The predicted octanol–water partition coefficient (Wildman–Crippen LogP) is 3.34. The number of carbonyl (C=O) groups excluding carboxylic acids is 2. The number of nitrogens with zero attached hydrogens (tertiary/aromatic N) is 2. The van der Waals surface area contributed by atoms with Gasteiger partial charge in [0.1, 0.15) is 5.75 Å². The molecule has 8 nitrogen and oxygen atoms in total. The van der Waals surface area contributed by atoms with Crippen molar-refractivity contribution in [2.45, 2.75) is 38.6 Å². The summed E-state index contributed by atoms with van der Waals surface area (Å²) in [5.74, 6) is 0.582. The van der Waals surface area contributed by atoms with Crippen LogP contribution in [0, 0.1) is 5.92 Å². The number of carbonyl (C=O) groups is 2. The largest absolute Gasteiger partial charge is 0.573 e. The fraction of sp³-hybridized carbons (Fsp3) is 0.476. The molecule has 0 aliphatic carbocycles. The average Bonchev–Trinajstić information content (AvgIpc) is 3.38. The Kier molecular flexibility index (Phi) is 8.09. The van der Waals surface area contributed by atoms with Gasteiger partial charge in [-0.3, -0.25) is 14.3 Å². The van der Waals surface area contributed by atoms with E-state index in [1.807, 2.05) is 0 Å². The summed E-state index contributed by atoms with van der Waals surface area (Å²) < 4.78 is 48.4. The molecule has 3 heterocycles. The van der Waals surface area contributed by atoms with Gasteiger partial charge in [-0.1, -0.05) is 12.1 Å². The van der Waals surface area contributed by atoms with Crippen LogP contribution in [0.15, 0.2) is 30.3 Å². The zero-order chi connectivity index (χ0) is 23.0. The molecule has 0 spiro atoms. The van der Waals surface area contributed by atoms with Gasteiger partial charge in [0.2, 0.25) is 12.3 Å². The fourth-order valence-corrected chi connectivity index (χ4v) is 3.51. The van der Waals surface area contributed by atoms with Gasteiger partial charge in [0, 0.05) is 44.4 Å². The Bertz CT molecular complexity index is 903. The van der Waals surface area contributed by atoms with Crippen LogP contribution in [0.25, 0.3) is 11.3 Å². The number of ether oxygens (including phenoxy) is 2. The highest BCUT2D eigenvalue weighted by Crippen LogP contribution is 2.30. The third kappa shape index (κ3) is 7.26. The van der Waals surface area contributed by atoms with Gasteiger partial charge < -0.3 is 20.1 Å². The van der Waals surface area contributed by atoms with Crippen molar-refractivity contribution in [1.29, 1.82) is 0 Å². The molecule has 2 fully saturated rings. The molecule has 1 aromatic carbocycles. The van der Waals surface area contributed by atoms with Crippen LogP contribution in [-0.2, 0) is 20.9 Å². The lowest BCUT2D eigenvalue weighted by Crippen LogP contribution is -2.21. The van der Waals surface area contributed by atoms with Crippen molar-refractivity contribution in [2.75, 3.05) is 25.1 Å². The molecular weight excluding hydrogens is 429 g/mol. The molecule has 32 heavy (non-hydrogen) atoms. The van der Waals surface area contributed by atoms with Crippen LogP contribution in [0.3, 0.4) is 0 Å². The van der Waals surface area contributed by atoms with Crippen molar-refractivity contribution in [3.05, 3.63) is 30.3 Å². The lowest BCUT2D eigenvalue weighted by molar-refractivity contribution is -0.274. The standard InChI is InChI=1S/C17H18F3N3O3.C4H7NO/c18-17(19,20)26-14-3-1-2-13(8-14)15-9-16(21-11-24)22-23(15)10-12-4-6-25-7-5-12;6-4-2-1-3-5-4/h1-3,8-9,11-12H,4-7,10H2,(H,21,22,24);1-3H2,(H,5,6). The third-order valence-electron chi connectivity index (χ3n) is 5.02. The number of rotatable bonds is 6. The van der Waals surface area contributed by atoms with Crippen molar-refractivity contribution >= 4 is 18.1 Å². The Hall–Kier alpha value is -3.08. The van der Waals surface area contributed by atoms with E-state index in [1.54, 1.807) is 16.8 Å². The maximum absolute atomic E-state index is 12.5. The van der Waals surface area contributed by atoms with E-state index < -0.39 is 6.36 Å². The van der Waals surface area contributed by atoms with E-state index in [-0.39, 0.29) is 11.7 Å². The second kappa shape index (κ2) is 11.0. The number of aromatic nitrogens is 2. The number of amides is 2. The summed E-state index contributed by atoms with van der Waals surface area (Å²) in [7, 11) is 0. The Morgan fingerprint density at radius 2 is 2.06 bits per heavy atom. The highest BCUT2D eigenvalue weighted by molar-refractivity contribution is 5.77. The molecule has 0 radical (unpaired) electrons. The number of hydrogen-bond donors (Lipinski definition) is 2. The molecule has 2 N–H and O–H groups in total. The van der Waals surface area contributed by atoms with E-state index in [1.165, 1.54) is 18.2 Å². The molecule has 174 valence electrons. The topological polar surface area (TPSA) is 94.5 Å². The van der Waals surface area contributed by atoms with Gasteiger partial charge >= 0.3 is 6.36 Å². The number of hydrogen-bond acceptors (Lipinski definition) is 5. The first-order chi connectivity index (χ1) is 15.3. The van der Waals surface area contributed by atoms with Gasteiger partial charge in [0.15, 0.2) is 5.82 Å². The van der Waals surface area contributed by atoms with Gasteiger partial charge in [-0.15, -0.1) is 13.2 Å². The minimum atomic E-state index is -4.76. The zero-order valence-electron chi connectivity index (χ0n) is 17.4. The van der Waals surface area contributed by atoms with Crippen LogP contribution in [0.4, 0.5) is 19.0 Å². The molecule has 0 saturated carbocycles. The second-order valence-corrected chi connectivity index (χ2v) is 7.44. The van der Waals surface area contributed by atoms with Crippen molar-refractivity contribution in [3.8, 4) is 17.0 Å². The Balaban J connectivity index is 0.000000416. The molecule has 2 aliphatic heterocycles. The third-order valence-corrected chi connectivity index (χ3v) is 5.02. The summed E-state index contributed by atoms with van der Waals surface area (Å²) in [5, 5.41) is 9.51. The Morgan fingerprint density at radius 1 is 1.28 bits per heavy atom. The summed E-state index contributed by atoms with van der Waals surface area (Å²) in [6, 6.07) is 7.32. The summed E-state index contributed by atoms with van der Waals surface area (Å²) in [6.45, 7) is 2.83. The molecule has 2 aliphatic rings. The predicted molar refractivity (Wildman–Crippen MR) is 110 cm³/mol. The van der Waals surface area contributed by atoms with Gasteiger partial charge in [0.05, 0.1) is 5.69 Å². The monoisotopic (exact) mass is 454 g/mol. The van der Waals surface area contributed by atoms with E-state index in [9.17, 15) is 22.8 Å². The number of anilines is 1. The first-order valence-electron chi connectivity index (χ1n) is 10.3.